The van der Waals surface area contributed by atoms with E-state index in [1.165, 1.54) is 77.5 Å². The molecule has 0 aromatic carbocycles. The molecule has 2 aliphatic heterocycles. The maximum Gasteiger partial charge on any atom is 0.209 e. The molecule has 3 heterocycles. The van der Waals surface area contributed by atoms with Crippen molar-refractivity contribution in [2.45, 2.75) is 89.4 Å². The fraction of sp³-hybridized carbons (Fsp3) is 0.950. The van der Waals surface area contributed by atoms with Gasteiger partial charge in [0.2, 0.25) is 5.82 Å². The van der Waals surface area contributed by atoms with Crippen LogP contribution in [0.4, 0.5) is 0 Å². The van der Waals surface area contributed by atoms with Crippen LogP contribution in [0, 0.1) is 0 Å². The van der Waals surface area contributed by atoms with E-state index in [0.29, 0.717) is 6.04 Å². The van der Waals surface area contributed by atoms with Crippen molar-refractivity contribution < 1.29 is 14.5 Å². The third kappa shape index (κ3) is 4.69. The van der Waals surface area contributed by atoms with Crippen LogP contribution in [0.3, 0.4) is 0 Å². The number of nitrogens with one attached hydrogen (secondary N) is 2. The lowest BCUT2D eigenvalue weighted by molar-refractivity contribution is -1.04. The standard InChI is InChI=1S/C20H36N6O/c1-2-3-10-19(20-21-22-23-26(20)16-18-9-6-15-27-18)25-13-11-24(12-14-25)17-7-4-5-8-17/h17-19H,2-16H2,1H3/p+2/t18-,19-/m0/s1. The minimum absolute atomic E-state index is 0.290. The fourth-order valence-electron chi connectivity index (χ4n) is 5.48. The molecule has 0 bridgehead atoms. The van der Waals surface area contributed by atoms with Crippen LogP contribution >= 0.6 is 0 Å². The molecule has 7 heteroatoms. The van der Waals surface area contributed by atoms with Gasteiger partial charge in [-0.1, -0.05) is 13.3 Å². The average Bonchev–Trinajstić information content (AvgIpc) is 3.47. The van der Waals surface area contributed by atoms with Gasteiger partial charge in [-0.05, 0) is 55.4 Å². The van der Waals surface area contributed by atoms with Crippen LogP contribution in [0.2, 0.25) is 0 Å². The lowest BCUT2D eigenvalue weighted by Crippen LogP contribution is -3.29. The largest absolute Gasteiger partial charge is 0.376 e. The zero-order valence-electron chi connectivity index (χ0n) is 17.0. The summed E-state index contributed by atoms with van der Waals surface area (Å²) in [5.41, 5.74) is 0. The highest BCUT2D eigenvalue weighted by Gasteiger charge is 2.37. The number of piperazine rings is 1. The lowest BCUT2D eigenvalue weighted by atomic mass is 10.1. The molecule has 1 aliphatic carbocycles. The van der Waals surface area contributed by atoms with Gasteiger partial charge < -0.3 is 14.5 Å². The van der Waals surface area contributed by atoms with Crippen LogP contribution < -0.4 is 9.80 Å². The third-order valence-electron chi connectivity index (χ3n) is 7.08. The highest BCUT2D eigenvalue weighted by molar-refractivity contribution is 4.89. The van der Waals surface area contributed by atoms with E-state index >= 15 is 0 Å². The summed E-state index contributed by atoms with van der Waals surface area (Å²) in [6.07, 6.45) is 12.1. The summed E-state index contributed by atoms with van der Waals surface area (Å²) >= 11 is 0. The molecule has 0 amide bonds. The molecule has 1 aromatic rings. The van der Waals surface area contributed by atoms with Gasteiger partial charge in [0.15, 0.2) is 0 Å². The number of rotatable bonds is 8. The summed E-state index contributed by atoms with van der Waals surface area (Å²) < 4.78 is 7.89. The average molecular weight is 379 g/mol. The number of tetrazole rings is 1. The predicted octanol–water partition coefficient (Wildman–Crippen LogP) is -0.191. The quantitative estimate of drug-likeness (QED) is 0.658. The van der Waals surface area contributed by atoms with Gasteiger partial charge in [0.25, 0.3) is 0 Å². The minimum Gasteiger partial charge on any atom is -0.376 e. The van der Waals surface area contributed by atoms with E-state index in [1.54, 1.807) is 4.90 Å². The summed E-state index contributed by atoms with van der Waals surface area (Å²) in [6, 6.07) is 1.37. The first kappa shape index (κ1) is 19.3. The third-order valence-corrected chi connectivity index (χ3v) is 7.08. The van der Waals surface area contributed by atoms with E-state index in [0.717, 1.165) is 31.4 Å². The molecular formula is C20H38N6O+2. The number of quaternary nitrogens is 2. The van der Waals surface area contributed by atoms with Crippen molar-refractivity contribution in [1.82, 2.24) is 20.2 Å². The summed E-state index contributed by atoms with van der Waals surface area (Å²) in [4.78, 5) is 3.57. The van der Waals surface area contributed by atoms with Crippen LogP contribution in [0.1, 0.15) is 76.6 Å². The molecule has 2 N–H and O–H groups in total. The fourth-order valence-corrected chi connectivity index (χ4v) is 5.48. The van der Waals surface area contributed by atoms with Crippen molar-refractivity contribution in [3.8, 4) is 0 Å². The molecular weight excluding hydrogens is 340 g/mol. The van der Waals surface area contributed by atoms with Crippen LogP contribution in [0.25, 0.3) is 0 Å². The van der Waals surface area contributed by atoms with Crippen LogP contribution in [-0.4, -0.2) is 65.1 Å². The molecule has 4 rings (SSSR count). The Kier molecular flexibility index (Phi) is 6.73. The van der Waals surface area contributed by atoms with E-state index in [-0.39, 0.29) is 6.10 Å². The first-order chi connectivity index (χ1) is 13.3. The Morgan fingerprint density at radius 3 is 2.63 bits per heavy atom. The Balaban J connectivity index is 1.41. The second kappa shape index (κ2) is 9.43. The highest BCUT2D eigenvalue weighted by Crippen LogP contribution is 2.18. The molecule has 0 radical (unpaired) electrons. The van der Waals surface area contributed by atoms with Crippen molar-refractivity contribution in [3.63, 3.8) is 0 Å². The Morgan fingerprint density at radius 2 is 1.93 bits per heavy atom. The normalized spacial score (nSPS) is 30.8. The molecule has 152 valence electrons. The first-order valence-electron chi connectivity index (χ1n) is 11.4. The summed E-state index contributed by atoms with van der Waals surface area (Å²) in [5.74, 6) is 1.10. The molecule has 1 saturated carbocycles. The van der Waals surface area contributed by atoms with E-state index in [4.69, 9.17) is 4.74 Å². The topological polar surface area (TPSA) is 61.7 Å². The molecule has 3 aliphatic rings. The van der Waals surface area contributed by atoms with Gasteiger partial charge >= 0.3 is 0 Å². The number of nitrogens with zero attached hydrogens (tertiary/aromatic N) is 4. The van der Waals surface area contributed by atoms with Crippen molar-refractivity contribution in [2.75, 3.05) is 32.8 Å². The number of ether oxygens (including phenoxy) is 1. The van der Waals surface area contributed by atoms with Gasteiger partial charge in [0.1, 0.15) is 32.2 Å². The number of aromatic nitrogens is 4. The monoisotopic (exact) mass is 378 g/mol. The van der Waals surface area contributed by atoms with Crippen molar-refractivity contribution in [3.05, 3.63) is 5.82 Å². The smallest absolute Gasteiger partial charge is 0.209 e. The summed E-state index contributed by atoms with van der Waals surface area (Å²) in [7, 11) is 0. The Labute approximate surface area is 163 Å². The van der Waals surface area contributed by atoms with Gasteiger partial charge in [-0.15, -0.1) is 5.10 Å². The summed E-state index contributed by atoms with van der Waals surface area (Å²) in [5, 5.41) is 12.9. The van der Waals surface area contributed by atoms with Crippen LogP contribution in [0.5, 0.6) is 0 Å². The van der Waals surface area contributed by atoms with Crippen LogP contribution in [0.15, 0.2) is 0 Å². The number of unbranched alkanes of at least 4 members (excludes halogenated alkanes) is 1. The van der Waals surface area contributed by atoms with Crippen molar-refractivity contribution in [2.24, 2.45) is 0 Å². The Bertz CT molecular complexity index is 559. The second-order valence-corrected chi connectivity index (χ2v) is 8.85. The van der Waals surface area contributed by atoms with Gasteiger partial charge in [-0.25, -0.2) is 4.68 Å². The van der Waals surface area contributed by atoms with E-state index in [2.05, 4.69) is 27.1 Å². The van der Waals surface area contributed by atoms with E-state index < -0.39 is 0 Å². The van der Waals surface area contributed by atoms with Crippen molar-refractivity contribution in [1.29, 1.82) is 0 Å². The number of hydrogen-bond acceptors (Lipinski definition) is 4. The lowest BCUT2D eigenvalue weighted by Gasteiger charge is -2.36. The molecule has 27 heavy (non-hydrogen) atoms. The second-order valence-electron chi connectivity index (χ2n) is 8.85. The SMILES string of the molecule is CCCC[C@@H](c1nnnn1C[C@@H]1CCCO1)[NH+]1CC[NH+](C2CCCC2)CC1. The van der Waals surface area contributed by atoms with Crippen LogP contribution in [-0.2, 0) is 11.3 Å². The maximum atomic E-state index is 5.83. The van der Waals surface area contributed by atoms with Gasteiger partial charge in [0, 0.05) is 13.0 Å². The Hall–Kier alpha value is -1.05. The van der Waals surface area contributed by atoms with Gasteiger partial charge in [0.05, 0.1) is 18.7 Å². The molecule has 0 spiro atoms. The van der Waals surface area contributed by atoms with E-state index in [9.17, 15) is 0 Å². The summed E-state index contributed by atoms with van der Waals surface area (Å²) in [6.45, 7) is 9.13. The van der Waals surface area contributed by atoms with Crippen molar-refractivity contribution >= 4 is 0 Å². The zero-order chi connectivity index (χ0) is 18.5. The molecule has 7 nitrogen and oxygen atoms in total. The highest BCUT2D eigenvalue weighted by atomic mass is 16.5. The Morgan fingerprint density at radius 1 is 1.11 bits per heavy atom. The zero-order valence-corrected chi connectivity index (χ0v) is 17.0. The van der Waals surface area contributed by atoms with Gasteiger partial charge in [-0.2, -0.15) is 0 Å². The first-order valence-corrected chi connectivity index (χ1v) is 11.4. The molecule has 1 aromatic heterocycles. The van der Waals surface area contributed by atoms with E-state index in [1.807, 2.05) is 4.90 Å². The molecule has 0 unspecified atom stereocenters. The molecule has 2 saturated heterocycles. The predicted molar refractivity (Wildman–Crippen MR) is 103 cm³/mol. The molecule has 3 fully saturated rings. The molecule has 2 atom stereocenters. The minimum atomic E-state index is 0.290. The number of hydrogen-bond donors (Lipinski definition) is 2. The maximum absolute atomic E-state index is 5.83. The van der Waals surface area contributed by atoms with Gasteiger partial charge in [-0.3, -0.25) is 0 Å².